The van der Waals surface area contributed by atoms with Crippen molar-refractivity contribution in [2.75, 3.05) is 13.1 Å². The number of amides is 1. The fourth-order valence-corrected chi connectivity index (χ4v) is 1.67. The van der Waals surface area contributed by atoms with Crippen LogP contribution in [-0.2, 0) is 4.79 Å². The largest absolute Gasteiger partial charge is 0.389 e. The van der Waals surface area contributed by atoms with Crippen molar-refractivity contribution < 1.29 is 9.90 Å². The molecule has 3 heteroatoms. The Balaban J connectivity index is 2.50. The average Bonchev–Trinajstić information content (AvgIpc) is 2.14. The Morgan fingerprint density at radius 1 is 1.38 bits per heavy atom. The zero-order valence-corrected chi connectivity index (χ0v) is 8.55. The van der Waals surface area contributed by atoms with Gasteiger partial charge in [-0.2, -0.15) is 0 Å². The van der Waals surface area contributed by atoms with Crippen LogP contribution in [0.2, 0.25) is 0 Å². The summed E-state index contributed by atoms with van der Waals surface area (Å²) >= 11 is 0. The van der Waals surface area contributed by atoms with Crippen molar-refractivity contribution in [2.45, 2.75) is 45.1 Å². The van der Waals surface area contributed by atoms with Gasteiger partial charge in [0, 0.05) is 19.5 Å². The first kappa shape index (κ1) is 10.5. The Labute approximate surface area is 79.7 Å². The minimum atomic E-state index is -0.764. The number of carbonyl (C=O) groups excluding carboxylic acids is 1. The highest BCUT2D eigenvalue weighted by molar-refractivity contribution is 5.76. The van der Waals surface area contributed by atoms with Crippen LogP contribution >= 0.6 is 0 Å². The molecule has 1 saturated heterocycles. The molecule has 0 unspecified atom stereocenters. The second-order valence-electron chi connectivity index (χ2n) is 4.44. The van der Waals surface area contributed by atoms with Crippen molar-refractivity contribution in [3.63, 3.8) is 0 Å². The van der Waals surface area contributed by atoms with Crippen molar-refractivity contribution in [2.24, 2.45) is 0 Å². The third-order valence-corrected chi connectivity index (χ3v) is 2.25. The second kappa shape index (κ2) is 4.09. The van der Waals surface area contributed by atoms with E-state index in [1.165, 1.54) is 0 Å². The van der Waals surface area contributed by atoms with Gasteiger partial charge in [-0.15, -0.1) is 0 Å². The molecule has 0 atom stereocenters. The third-order valence-electron chi connectivity index (χ3n) is 2.25. The molecule has 3 nitrogen and oxygen atoms in total. The van der Waals surface area contributed by atoms with Crippen molar-refractivity contribution in [3.8, 4) is 0 Å². The second-order valence-corrected chi connectivity index (χ2v) is 4.44. The van der Waals surface area contributed by atoms with Gasteiger partial charge < -0.3 is 10.0 Å². The minimum Gasteiger partial charge on any atom is -0.389 e. The molecule has 0 aromatic rings. The molecule has 0 radical (unpaired) electrons. The molecule has 0 aromatic heterocycles. The van der Waals surface area contributed by atoms with E-state index in [4.69, 9.17) is 0 Å². The van der Waals surface area contributed by atoms with Crippen LogP contribution in [0.4, 0.5) is 0 Å². The smallest absolute Gasteiger partial charge is 0.222 e. The van der Waals surface area contributed by atoms with E-state index in [0.717, 1.165) is 25.8 Å². The van der Waals surface area contributed by atoms with Crippen LogP contribution in [0.3, 0.4) is 0 Å². The van der Waals surface area contributed by atoms with Crippen LogP contribution in [0.1, 0.15) is 39.5 Å². The fourth-order valence-electron chi connectivity index (χ4n) is 1.67. The normalized spacial score (nSPS) is 20.2. The number of carbonyl (C=O) groups is 1. The lowest BCUT2D eigenvalue weighted by atomic mass is 10.1. The highest BCUT2D eigenvalue weighted by Gasteiger charge is 2.23. The van der Waals surface area contributed by atoms with Gasteiger partial charge in [0.05, 0.1) is 5.60 Å². The number of β-amino-alcohol motifs (C(OH)–C–C–N with tert-alkyl or cyclic N) is 1. The van der Waals surface area contributed by atoms with Crippen LogP contribution < -0.4 is 0 Å². The molecule has 0 spiro atoms. The Morgan fingerprint density at radius 2 is 2.08 bits per heavy atom. The molecule has 1 fully saturated rings. The summed E-state index contributed by atoms with van der Waals surface area (Å²) in [7, 11) is 0. The summed E-state index contributed by atoms with van der Waals surface area (Å²) in [6, 6.07) is 0. The van der Waals surface area contributed by atoms with Gasteiger partial charge in [-0.25, -0.2) is 0 Å². The Morgan fingerprint density at radius 3 is 2.69 bits per heavy atom. The molecule has 76 valence electrons. The maximum atomic E-state index is 11.5. The van der Waals surface area contributed by atoms with Crippen molar-refractivity contribution in [1.29, 1.82) is 0 Å². The number of likely N-dealkylation sites (tertiary alicyclic amines) is 1. The summed E-state index contributed by atoms with van der Waals surface area (Å²) in [6.07, 6.45) is 3.85. The lowest BCUT2D eigenvalue weighted by Crippen LogP contribution is -2.41. The highest BCUT2D eigenvalue weighted by Crippen LogP contribution is 2.14. The van der Waals surface area contributed by atoms with E-state index in [0.29, 0.717) is 13.0 Å². The van der Waals surface area contributed by atoms with Crippen LogP contribution in [0.25, 0.3) is 0 Å². The lowest BCUT2D eigenvalue weighted by molar-refractivity contribution is -0.133. The van der Waals surface area contributed by atoms with Crippen LogP contribution in [-0.4, -0.2) is 34.6 Å². The molecular formula is C10H19NO2. The Hall–Kier alpha value is -0.570. The first-order valence-electron chi connectivity index (χ1n) is 4.99. The van der Waals surface area contributed by atoms with Gasteiger partial charge in [0.2, 0.25) is 5.91 Å². The van der Waals surface area contributed by atoms with Gasteiger partial charge in [0.1, 0.15) is 0 Å². The molecule has 1 N–H and O–H groups in total. The summed E-state index contributed by atoms with van der Waals surface area (Å²) in [5, 5.41) is 9.59. The molecule has 0 aromatic carbocycles. The van der Waals surface area contributed by atoms with E-state index in [1.54, 1.807) is 18.7 Å². The number of hydrogen-bond donors (Lipinski definition) is 1. The highest BCUT2D eigenvalue weighted by atomic mass is 16.3. The van der Waals surface area contributed by atoms with Gasteiger partial charge in [-0.05, 0) is 26.7 Å². The molecule has 0 saturated carbocycles. The van der Waals surface area contributed by atoms with E-state index in [9.17, 15) is 9.90 Å². The summed E-state index contributed by atoms with van der Waals surface area (Å²) in [5.41, 5.74) is -0.764. The zero-order chi connectivity index (χ0) is 9.90. The lowest BCUT2D eigenvalue weighted by Gasteiger charge is -2.27. The molecule has 0 bridgehead atoms. The van der Waals surface area contributed by atoms with E-state index in [-0.39, 0.29) is 5.91 Å². The van der Waals surface area contributed by atoms with Crippen LogP contribution in [0.5, 0.6) is 0 Å². The predicted molar refractivity (Wildman–Crippen MR) is 51.3 cm³/mol. The SMILES string of the molecule is CC(C)(O)CN1CCCCCC1=O. The fraction of sp³-hybridized carbons (Fsp3) is 0.900. The van der Waals surface area contributed by atoms with Crippen molar-refractivity contribution in [3.05, 3.63) is 0 Å². The molecular weight excluding hydrogens is 166 g/mol. The first-order chi connectivity index (χ1) is 5.99. The van der Waals surface area contributed by atoms with Gasteiger partial charge in [-0.1, -0.05) is 6.42 Å². The molecule has 13 heavy (non-hydrogen) atoms. The minimum absolute atomic E-state index is 0.194. The van der Waals surface area contributed by atoms with E-state index < -0.39 is 5.60 Å². The maximum absolute atomic E-state index is 11.5. The summed E-state index contributed by atoms with van der Waals surface area (Å²) in [4.78, 5) is 13.3. The van der Waals surface area contributed by atoms with Crippen molar-refractivity contribution in [1.82, 2.24) is 4.90 Å². The van der Waals surface area contributed by atoms with Gasteiger partial charge in [0.15, 0.2) is 0 Å². The standard InChI is InChI=1S/C10H19NO2/c1-10(2,13)8-11-7-5-3-4-6-9(11)12/h13H,3-8H2,1-2H3. The third kappa shape index (κ3) is 3.77. The van der Waals surface area contributed by atoms with E-state index in [2.05, 4.69) is 0 Å². The summed E-state index contributed by atoms with van der Waals surface area (Å²) < 4.78 is 0. The Bertz CT molecular complexity index is 184. The average molecular weight is 185 g/mol. The molecule has 1 aliphatic heterocycles. The Kier molecular flexibility index (Phi) is 3.31. The molecule has 1 amide bonds. The van der Waals surface area contributed by atoms with E-state index in [1.807, 2.05) is 0 Å². The monoisotopic (exact) mass is 185 g/mol. The summed E-state index contributed by atoms with van der Waals surface area (Å²) in [6.45, 7) is 4.75. The number of rotatable bonds is 2. The topological polar surface area (TPSA) is 40.5 Å². The maximum Gasteiger partial charge on any atom is 0.222 e. The number of aliphatic hydroxyl groups is 1. The molecule has 0 aliphatic carbocycles. The number of nitrogens with zero attached hydrogens (tertiary/aromatic N) is 1. The van der Waals surface area contributed by atoms with Gasteiger partial charge in [0.25, 0.3) is 0 Å². The summed E-state index contributed by atoms with van der Waals surface area (Å²) in [5.74, 6) is 0.194. The van der Waals surface area contributed by atoms with Gasteiger partial charge >= 0.3 is 0 Å². The van der Waals surface area contributed by atoms with Crippen LogP contribution in [0, 0.1) is 0 Å². The predicted octanol–water partition coefficient (Wildman–Crippen LogP) is 1.16. The first-order valence-corrected chi connectivity index (χ1v) is 4.99. The molecule has 1 aliphatic rings. The molecule has 1 heterocycles. The van der Waals surface area contributed by atoms with Crippen LogP contribution in [0.15, 0.2) is 0 Å². The van der Waals surface area contributed by atoms with E-state index >= 15 is 0 Å². The quantitative estimate of drug-likeness (QED) is 0.701. The van der Waals surface area contributed by atoms with Crippen molar-refractivity contribution >= 4 is 5.91 Å². The van der Waals surface area contributed by atoms with Gasteiger partial charge in [-0.3, -0.25) is 4.79 Å². The zero-order valence-electron chi connectivity index (χ0n) is 8.55. The molecule has 1 rings (SSSR count). The number of hydrogen-bond acceptors (Lipinski definition) is 2.